The third-order valence-corrected chi connectivity index (χ3v) is 5.02. The van der Waals surface area contributed by atoms with Gasteiger partial charge in [0.2, 0.25) is 0 Å². The third kappa shape index (κ3) is 4.70. The van der Waals surface area contributed by atoms with Gasteiger partial charge in [-0.05, 0) is 24.1 Å². The van der Waals surface area contributed by atoms with E-state index in [1.54, 1.807) is 24.3 Å². The van der Waals surface area contributed by atoms with Gasteiger partial charge in [0.25, 0.3) is 0 Å². The van der Waals surface area contributed by atoms with E-state index in [1.165, 1.54) is 0 Å². The maximum atomic E-state index is 12.3. The van der Waals surface area contributed by atoms with Crippen molar-refractivity contribution in [2.45, 2.75) is 31.6 Å². The van der Waals surface area contributed by atoms with E-state index >= 15 is 0 Å². The predicted molar refractivity (Wildman–Crippen MR) is 78.5 cm³/mol. The van der Waals surface area contributed by atoms with Crippen LogP contribution in [0.25, 0.3) is 0 Å². The van der Waals surface area contributed by atoms with E-state index in [1.807, 2.05) is 13.8 Å². The molecule has 0 aromatic heterocycles. The van der Waals surface area contributed by atoms with Crippen molar-refractivity contribution in [3.8, 4) is 11.8 Å². The molecule has 2 N–H and O–H groups in total. The standard InChI is InChI=1S/C15H21NO2S/c1-3-13(4-2)12-19(17,18)15-9-5-7-14(11-15)8-6-10-16/h5,7,9,11,13H,3-4,10,12,16H2,1-2H3. The molecule has 19 heavy (non-hydrogen) atoms. The second-order valence-electron chi connectivity index (χ2n) is 4.50. The fraction of sp³-hybridized carbons (Fsp3) is 0.467. The Morgan fingerprint density at radius 2 is 1.95 bits per heavy atom. The summed E-state index contributed by atoms with van der Waals surface area (Å²) in [5, 5.41) is 0. The minimum absolute atomic E-state index is 0.202. The summed E-state index contributed by atoms with van der Waals surface area (Å²) in [7, 11) is -3.23. The van der Waals surface area contributed by atoms with Crippen molar-refractivity contribution in [1.82, 2.24) is 0 Å². The molecule has 0 bridgehead atoms. The number of rotatable bonds is 5. The Labute approximate surface area is 116 Å². The van der Waals surface area contributed by atoms with Gasteiger partial charge in [-0.3, -0.25) is 0 Å². The Balaban J connectivity index is 3.01. The average Bonchev–Trinajstić information content (AvgIpc) is 2.43. The average molecular weight is 279 g/mol. The van der Waals surface area contributed by atoms with Gasteiger partial charge < -0.3 is 5.73 Å². The van der Waals surface area contributed by atoms with E-state index in [-0.39, 0.29) is 18.2 Å². The summed E-state index contributed by atoms with van der Waals surface area (Å²) in [5.74, 6) is 6.00. The van der Waals surface area contributed by atoms with Crippen LogP contribution in [0.5, 0.6) is 0 Å². The zero-order chi connectivity index (χ0) is 14.3. The number of benzene rings is 1. The van der Waals surface area contributed by atoms with Crippen molar-refractivity contribution >= 4 is 9.84 Å². The molecule has 0 amide bonds. The van der Waals surface area contributed by atoms with Gasteiger partial charge in [0.05, 0.1) is 17.2 Å². The lowest BCUT2D eigenvalue weighted by atomic mass is 10.1. The fourth-order valence-electron chi connectivity index (χ4n) is 1.85. The van der Waals surface area contributed by atoms with Crippen LogP contribution in [0.3, 0.4) is 0 Å². The second kappa shape index (κ2) is 7.32. The van der Waals surface area contributed by atoms with Crippen LogP contribution in [0.1, 0.15) is 32.3 Å². The van der Waals surface area contributed by atoms with Gasteiger partial charge in [0.1, 0.15) is 0 Å². The summed E-state index contributed by atoms with van der Waals surface area (Å²) in [6.45, 7) is 4.31. The molecule has 0 heterocycles. The Kier molecular flexibility index (Phi) is 6.07. The molecule has 0 spiro atoms. The van der Waals surface area contributed by atoms with Gasteiger partial charge in [-0.25, -0.2) is 8.42 Å². The SMILES string of the molecule is CCC(CC)CS(=O)(=O)c1cccc(C#CCN)c1. The summed E-state index contributed by atoms with van der Waals surface area (Å²) in [6.07, 6.45) is 1.75. The first-order valence-corrected chi connectivity index (χ1v) is 8.20. The van der Waals surface area contributed by atoms with E-state index in [0.29, 0.717) is 10.5 Å². The lowest BCUT2D eigenvalue weighted by Crippen LogP contribution is -2.15. The highest BCUT2D eigenvalue weighted by Gasteiger charge is 2.19. The molecule has 0 unspecified atom stereocenters. The summed E-state index contributed by atoms with van der Waals surface area (Å²) < 4.78 is 24.6. The molecular weight excluding hydrogens is 258 g/mol. The highest BCUT2D eigenvalue weighted by Crippen LogP contribution is 2.19. The topological polar surface area (TPSA) is 60.2 Å². The fourth-order valence-corrected chi connectivity index (χ4v) is 3.73. The molecule has 0 atom stereocenters. The van der Waals surface area contributed by atoms with Crippen LogP contribution in [0.4, 0.5) is 0 Å². The van der Waals surface area contributed by atoms with Crippen LogP contribution < -0.4 is 5.73 Å². The normalized spacial score (nSPS) is 11.2. The molecule has 1 aromatic rings. The van der Waals surface area contributed by atoms with Crippen molar-refractivity contribution in [1.29, 1.82) is 0 Å². The molecular formula is C15H21NO2S. The lowest BCUT2D eigenvalue weighted by molar-refractivity contribution is 0.523. The van der Waals surface area contributed by atoms with Gasteiger partial charge in [-0.2, -0.15) is 0 Å². The summed E-state index contributed by atoms with van der Waals surface area (Å²) in [6, 6.07) is 6.77. The molecule has 0 aliphatic rings. The number of nitrogens with two attached hydrogens (primary N) is 1. The third-order valence-electron chi connectivity index (χ3n) is 3.14. The summed E-state index contributed by atoms with van der Waals surface area (Å²) in [4.78, 5) is 0.350. The van der Waals surface area contributed by atoms with Crippen LogP contribution in [-0.4, -0.2) is 20.7 Å². The second-order valence-corrected chi connectivity index (χ2v) is 6.53. The van der Waals surface area contributed by atoms with Crippen LogP contribution >= 0.6 is 0 Å². The minimum atomic E-state index is -3.23. The first kappa shape index (κ1) is 15.7. The molecule has 1 aromatic carbocycles. The van der Waals surface area contributed by atoms with Gasteiger partial charge in [-0.1, -0.05) is 44.6 Å². The van der Waals surface area contributed by atoms with Gasteiger partial charge in [0, 0.05) is 5.56 Å². The van der Waals surface area contributed by atoms with Crippen molar-refractivity contribution < 1.29 is 8.42 Å². The van der Waals surface area contributed by atoms with Gasteiger partial charge in [-0.15, -0.1) is 0 Å². The zero-order valence-corrected chi connectivity index (χ0v) is 12.3. The number of hydrogen-bond donors (Lipinski definition) is 1. The van der Waals surface area contributed by atoms with Gasteiger partial charge in [0.15, 0.2) is 9.84 Å². The molecule has 1 rings (SSSR count). The Morgan fingerprint density at radius 3 is 2.53 bits per heavy atom. The molecule has 0 fully saturated rings. The molecule has 4 heteroatoms. The van der Waals surface area contributed by atoms with E-state index < -0.39 is 9.84 Å². The Hall–Kier alpha value is -1.31. The van der Waals surface area contributed by atoms with E-state index in [0.717, 1.165) is 12.8 Å². The first-order chi connectivity index (χ1) is 9.03. The van der Waals surface area contributed by atoms with Crippen LogP contribution in [-0.2, 0) is 9.84 Å². The van der Waals surface area contributed by atoms with E-state index in [4.69, 9.17) is 5.73 Å². The van der Waals surface area contributed by atoms with Crippen LogP contribution in [0.15, 0.2) is 29.2 Å². The molecule has 0 radical (unpaired) electrons. The highest BCUT2D eigenvalue weighted by molar-refractivity contribution is 7.91. The molecule has 0 saturated carbocycles. The van der Waals surface area contributed by atoms with Crippen LogP contribution in [0.2, 0.25) is 0 Å². The predicted octanol–water partition coefficient (Wildman–Crippen LogP) is 2.21. The Morgan fingerprint density at radius 1 is 1.26 bits per heavy atom. The molecule has 0 aliphatic carbocycles. The number of hydrogen-bond acceptors (Lipinski definition) is 3. The number of sulfone groups is 1. The quantitative estimate of drug-likeness (QED) is 0.841. The molecule has 104 valence electrons. The lowest BCUT2D eigenvalue weighted by Gasteiger charge is -2.12. The van der Waals surface area contributed by atoms with E-state index in [9.17, 15) is 8.42 Å². The van der Waals surface area contributed by atoms with Crippen molar-refractivity contribution in [2.75, 3.05) is 12.3 Å². The summed E-state index contributed by atoms with van der Waals surface area (Å²) >= 11 is 0. The van der Waals surface area contributed by atoms with E-state index in [2.05, 4.69) is 11.8 Å². The van der Waals surface area contributed by atoms with Crippen molar-refractivity contribution in [3.05, 3.63) is 29.8 Å². The summed E-state index contributed by atoms with van der Waals surface area (Å²) in [5.41, 5.74) is 6.00. The monoisotopic (exact) mass is 279 g/mol. The zero-order valence-electron chi connectivity index (χ0n) is 11.5. The smallest absolute Gasteiger partial charge is 0.178 e. The minimum Gasteiger partial charge on any atom is -0.320 e. The molecule has 0 saturated heterocycles. The maximum Gasteiger partial charge on any atom is 0.178 e. The Bertz CT molecular complexity index is 563. The van der Waals surface area contributed by atoms with Gasteiger partial charge >= 0.3 is 0 Å². The van der Waals surface area contributed by atoms with Crippen LogP contribution in [0, 0.1) is 17.8 Å². The first-order valence-electron chi connectivity index (χ1n) is 6.55. The molecule has 0 aliphatic heterocycles. The van der Waals surface area contributed by atoms with Crippen molar-refractivity contribution in [3.63, 3.8) is 0 Å². The molecule has 3 nitrogen and oxygen atoms in total. The maximum absolute atomic E-state index is 12.3. The highest BCUT2D eigenvalue weighted by atomic mass is 32.2. The van der Waals surface area contributed by atoms with Crippen molar-refractivity contribution in [2.24, 2.45) is 11.7 Å². The largest absolute Gasteiger partial charge is 0.320 e.